The van der Waals surface area contributed by atoms with Crippen LogP contribution in [0.1, 0.15) is 24.8 Å². The van der Waals surface area contributed by atoms with Crippen molar-refractivity contribution in [1.82, 2.24) is 9.79 Å². The van der Waals surface area contributed by atoms with E-state index in [-0.39, 0.29) is 11.9 Å². The predicted molar refractivity (Wildman–Crippen MR) is 105 cm³/mol. The molecule has 1 aliphatic carbocycles. The topological polar surface area (TPSA) is 75.7 Å². The van der Waals surface area contributed by atoms with Crippen molar-refractivity contribution < 1.29 is 18.0 Å². The van der Waals surface area contributed by atoms with Crippen LogP contribution in [0.25, 0.3) is 10.8 Å². The molecule has 1 aliphatic rings. The van der Waals surface area contributed by atoms with Crippen molar-refractivity contribution in [3.05, 3.63) is 48.0 Å². The first kappa shape index (κ1) is 19.8. The van der Waals surface area contributed by atoms with E-state index >= 15 is 0 Å². The Labute approximate surface area is 160 Å². The minimum atomic E-state index is -3.32. The maximum absolute atomic E-state index is 13.2. The summed E-state index contributed by atoms with van der Waals surface area (Å²) in [4.78, 5) is 18.3. The lowest BCUT2D eigenvalue weighted by Crippen LogP contribution is -2.43. The van der Waals surface area contributed by atoms with E-state index in [0.717, 1.165) is 22.6 Å². The third-order valence-corrected chi connectivity index (χ3v) is 6.17. The fourth-order valence-corrected chi connectivity index (χ4v) is 4.99. The van der Waals surface area contributed by atoms with Gasteiger partial charge in [0.2, 0.25) is 10.0 Å². The minimum Gasteiger partial charge on any atom is -0.275 e. The molecule has 27 heavy (non-hydrogen) atoms. The second kappa shape index (κ2) is 7.58. The maximum atomic E-state index is 13.2. The van der Waals surface area contributed by atoms with Crippen LogP contribution >= 0.6 is 0 Å². The molecule has 7 heteroatoms. The van der Waals surface area contributed by atoms with Gasteiger partial charge < -0.3 is 0 Å². The van der Waals surface area contributed by atoms with Gasteiger partial charge in [-0.15, -0.1) is 0 Å². The van der Waals surface area contributed by atoms with Gasteiger partial charge in [0.1, 0.15) is 0 Å². The fraction of sp³-hybridized carbons (Fsp3) is 0.450. The van der Waals surface area contributed by atoms with Crippen LogP contribution in [-0.4, -0.2) is 45.8 Å². The molecule has 146 valence electrons. The molecule has 1 saturated carbocycles. The number of carbonyl (C=O) groups is 1. The Bertz CT molecular complexity index is 939. The SMILES string of the molecule is CON(C)C(=O)[C@@]1(Cc2cccc3ccccc23)CC[C@H](NS(C)(=O)=O)C1. The Morgan fingerprint density at radius 2 is 1.96 bits per heavy atom. The number of nitrogens with zero attached hydrogens (tertiary/aromatic N) is 1. The molecule has 0 saturated heterocycles. The molecule has 6 nitrogen and oxygen atoms in total. The van der Waals surface area contributed by atoms with E-state index in [1.807, 2.05) is 24.3 Å². The zero-order chi connectivity index (χ0) is 19.7. The molecule has 0 spiro atoms. The number of nitrogens with one attached hydrogen (secondary N) is 1. The summed E-state index contributed by atoms with van der Waals surface area (Å²) < 4.78 is 26.0. The number of amides is 1. The number of sulfonamides is 1. The van der Waals surface area contributed by atoms with Gasteiger partial charge in [0.15, 0.2) is 0 Å². The molecule has 0 unspecified atom stereocenters. The number of hydroxylamine groups is 2. The van der Waals surface area contributed by atoms with Crippen molar-refractivity contribution in [3.8, 4) is 0 Å². The normalized spacial score (nSPS) is 22.9. The average molecular weight is 391 g/mol. The van der Waals surface area contributed by atoms with Crippen molar-refractivity contribution in [2.24, 2.45) is 5.41 Å². The smallest absolute Gasteiger partial charge is 0.252 e. The number of rotatable bonds is 6. The Balaban J connectivity index is 1.97. The summed E-state index contributed by atoms with van der Waals surface area (Å²) in [5.74, 6) is -0.115. The van der Waals surface area contributed by atoms with Gasteiger partial charge in [0.25, 0.3) is 5.91 Å². The van der Waals surface area contributed by atoms with Gasteiger partial charge in [-0.1, -0.05) is 42.5 Å². The van der Waals surface area contributed by atoms with Gasteiger partial charge in [0, 0.05) is 13.1 Å². The second-order valence-corrected chi connectivity index (χ2v) is 9.19. The number of hydrogen-bond acceptors (Lipinski definition) is 4. The van der Waals surface area contributed by atoms with Gasteiger partial charge >= 0.3 is 0 Å². The van der Waals surface area contributed by atoms with Crippen LogP contribution in [0.4, 0.5) is 0 Å². The molecule has 3 rings (SSSR count). The summed E-state index contributed by atoms with van der Waals surface area (Å²) in [5, 5.41) is 3.50. The molecular formula is C20H26N2O4S. The quantitative estimate of drug-likeness (QED) is 0.769. The Morgan fingerprint density at radius 3 is 2.67 bits per heavy atom. The van der Waals surface area contributed by atoms with E-state index < -0.39 is 15.4 Å². The van der Waals surface area contributed by atoms with Crippen LogP contribution < -0.4 is 4.72 Å². The van der Waals surface area contributed by atoms with Crippen LogP contribution in [0.15, 0.2) is 42.5 Å². The largest absolute Gasteiger partial charge is 0.275 e. The summed E-state index contributed by atoms with van der Waals surface area (Å²) in [6, 6.07) is 13.9. The molecule has 2 aromatic carbocycles. The third kappa shape index (κ3) is 4.31. The number of hydrogen-bond donors (Lipinski definition) is 1. The summed E-state index contributed by atoms with van der Waals surface area (Å²) in [7, 11) is -0.258. The van der Waals surface area contributed by atoms with E-state index in [1.165, 1.54) is 12.2 Å². The van der Waals surface area contributed by atoms with Crippen molar-refractivity contribution >= 4 is 26.7 Å². The highest BCUT2D eigenvalue weighted by atomic mass is 32.2. The number of carbonyl (C=O) groups excluding carboxylic acids is 1. The lowest BCUT2D eigenvalue weighted by molar-refractivity contribution is -0.180. The fourth-order valence-electron chi connectivity index (χ4n) is 4.19. The second-order valence-electron chi connectivity index (χ2n) is 7.41. The van der Waals surface area contributed by atoms with Crippen molar-refractivity contribution in [2.45, 2.75) is 31.7 Å². The molecule has 2 atom stereocenters. The van der Waals surface area contributed by atoms with Gasteiger partial charge in [-0.25, -0.2) is 18.2 Å². The van der Waals surface area contributed by atoms with Crippen molar-refractivity contribution in [2.75, 3.05) is 20.4 Å². The van der Waals surface area contributed by atoms with Crippen LogP contribution in [0, 0.1) is 5.41 Å². The minimum absolute atomic E-state index is 0.115. The molecule has 0 heterocycles. The van der Waals surface area contributed by atoms with Crippen molar-refractivity contribution in [3.63, 3.8) is 0 Å². The van der Waals surface area contributed by atoms with Gasteiger partial charge in [-0.2, -0.15) is 0 Å². The highest BCUT2D eigenvalue weighted by molar-refractivity contribution is 7.88. The van der Waals surface area contributed by atoms with E-state index in [1.54, 1.807) is 7.05 Å². The van der Waals surface area contributed by atoms with Gasteiger partial charge in [-0.05, 0) is 42.0 Å². The summed E-state index contributed by atoms with van der Waals surface area (Å²) >= 11 is 0. The summed E-state index contributed by atoms with van der Waals surface area (Å²) in [6.07, 6.45) is 3.39. The third-order valence-electron chi connectivity index (χ3n) is 5.41. The maximum Gasteiger partial charge on any atom is 0.252 e. The summed E-state index contributed by atoms with van der Waals surface area (Å²) in [5.41, 5.74) is 0.392. The van der Waals surface area contributed by atoms with E-state index in [4.69, 9.17) is 4.84 Å². The lowest BCUT2D eigenvalue weighted by atomic mass is 9.78. The monoisotopic (exact) mass is 390 g/mol. The zero-order valence-electron chi connectivity index (χ0n) is 15.9. The standard InChI is InChI=1S/C20H26N2O4S/c1-22(26-2)19(23)20(12-11-17(14-20)21-27(3,24)25)13-16-9-6-8-15-7-4-5-10-18(15)16/h4-10,17,21H,11-14H2,1-3H3/t17-,20+/m0/s1. The predicted octanol–water partition coefficient (Wildman–Crippen LogP) is 2.49. The zero-order valence-corrected chi connectivity index (χ0v) is 16.8. The molecule has 2 aromatic rings. The Morgan fingerprint density at radius 1 is 1.26 bits per heavy atom. The summed E-state index contributed by atoms with van der Waals surface area (Å²) in [6.45, 7) is 0. The van der Waals surface area contributed by atoms with Gasteiger partial charge in [-0.3, -0.25) is 9.63 Å². The van der Waals surface area contributed by atoms with E-state index in [0.29, 0.717) is 25.7 Å². The van der Waals surface area contributed by atoms with Gasteiger partial charge in [0.05, 0.1) is 18.8 Å². The molecule has 0 radical (unpaired) electrons. The Hall–Kier alpha value is -1.96. The first-order chi connectivity index (χ1) is 12.7. The van der Waals surface area contributed by atoms with E-state index in [9.17, 15) is 13.2 Å². The van der Waals surface area contributed by atoms with Crippen LogP contribution in [-0.2, 0) is 26.1 Å². The van der Waals surface area contributed by atoms with E-state index in [2.05, 4.69) is 22.9 Å². The number of benzene rings is 2. The molecule has 1 fully saturated rings. The highest BCUT2D eigenvalue weighted by Crippen LogP contribution is 2.43. The Kier molecular flexibility index (Phi) is 5.55. The molecular weight excluding hydrogens is 364 g/mol. The molecule has 1 amide bonds. The molecule has 0 aliphatic heterocycles. The van der Waals surface area contributed by atoms with Crippen LogP contribution in [0.2, 0.25) is 0 Å². The highest BCUT2D eigenvalue weighted by Gasteiger charge is 2.47. The first-order valence-corrected chi connectivity index (χ1v) is 10.9. The molecule has 0 bridgehead atoms. The van der Waals surface area contributed by atoms with Crippen LogP contribution in [0.5, 0.6) is 0 Å². The first-order valence-electron chi connectivity index (χ1n) is 9.00. The van der Waals surface area contributed by atoms with Crippen LogP contribution in [0.3, 0.4) is 0 Å². The molecule has 0 aromatic heterocycles. The lowest BCUT2D eigenvalue weighted by Gasteiger charge is -2.32. The van der Waals surface area contributed by atoms with Crippen molar-refractivity contribution in [1.29, 1.82) is 0 Å². The number of fused-ring (bicyclic) bond motifs is 1. The average Bonchev–Trinajstić information content (AvgIpc) is 3.02. The molecule has 1 N–H and O–H groups in total.